The van der Waals surface area contributed by atoms with Crippen LogP contribution in [0, 0.1) is 6.92 Å². The van der Waals surface area contributed by atoms with E-state index in [9.17, 15) is 14.7 Å². The van der Waals surface area contributed by atoms with Crippen LogP contribution in [0.15, 0.2) is 36.4 Å². The molecule has 1 amide bonds. The fraction of sp³-hybridized carbons (Fsp3) is 0.435. The zero-order valence-corrected chi connectivity index (χ0v) is 18.4. The summed E-state index contributed by atoms with van der Waals surface area (Å²) in [6.45, 7) is 7.92. The summed E-state index contributed by atoms with van der Waals surface area (Å²) in [7, 11) is 0. The summed E-state index contributed by atoms with van der Waals surface area (Å²) in [5.41, 5.74) is 2.76. The van der Waals surface area contributed by atoms with E-state index < -0.39 is 18.2 Å². The minimum atomic E-state index is -1.07. The van der Waals surface area contributed by atoms with Crippen molar-refractivity contribution in [2.75, 3.05) is 18.5 Å². The summed E-state index contributed by atoms with van der Waals surface area (Å²) in [6.07, 6.45) is -1.35. The molecule has 8 heteroatoms. The Morgan fingerprint density at radius 3 is 2.61 bits per heavy atom. The monoisotopic (exact) mass is 430 g/mol. The fourth-order valence-electron chi connectivity index (χ4n) is 2.96. The fourth-order valence-corrected chi connectivity index (χ4v) is 2.96. The maximum atomic E-state index is 12.3. The predicted octanol–water partition coefficient (Wildman–Crippen LogP) is 4.00. The van der Waals surface area contributed by atoms with Crippen LogP contribution in [-0.2, 0) is 27.1 Å². The van der Waals surface area contributed by atoms with E-state index in [4.69, 9.17) is 14.2 Å². The highest BCUT2D eigenvalue weighted by Crippen LogP contribution is 2.25. The molecule has 8 nitrogen and oxygen atoms in total. The van der Waals surface area contributed by atoms with Crippen LogP contribution < -0.4 is 10.1 Å². The Kier molecular flexibility index (Phi) is 9.27. The van der Waals surface area contributed by atoms with E-state index in [0.29, 0.717) is 30.0 Å². The molecule has 0 aliphatic carbocycles. The number of rotatable bonds is 11. The lowest BCUT2D eigenvalue weighted by Gasteiger charge is -2.19. The first-order valence-corrected chi connectivity index (χ1v) is 10.3. The van der Waals surface area contributed by atoms with Crippen LogP contribution >= 0.6 is 0 Å². The molecule has 0 saturated heterocycles. The van der Waals surface area contributed by atoms with Gasteiger partial charge in [-0.3, -0.25) is 10.3 Å². The Labute approximate surface area is 182 Å². The minimum Gasteiger partial charge on any atom is -0.494 e. The number of carbonyl (C=O) groups excluding carboxylic acids is 1. The molecule has 0 saturated carbocycles. The van der Waals surface area contributed by atoms with Crippen molar-refractivity contribution >= 4 is 17.7 Å². The van der Waals surface area contributed by atoms with Gasteiger partial charge in [0.05, 0.1) is 25.0 Å². The molecule has 0 bridgehead atoms. The van der Waals surface area contributed by atoms with Crippen LogP contribution in [0.4, 0.5) is 10.5 Å². The zero-order valence-electron chi connectivity index (χ0n) is 18.4. The number of pyridine rings is 1. The van der Waals surface area contributed by atoms with Gasteiger partial charge < -0.3 is 19.3 Å². The van der Waals surface area contributed by atoms with Crippen LogP contribution in [-0.4, -0.2) is 47.6 Å². The standard InChI is InChI=1S/C23H30N2O6/c1-5-29-19-10-9-17(13-21(22(26)27)31-15(2)3)20(14-19)25-23(28)30-12-11-18-8-6-7-16(4)24-18/h6-10,14-15,21H,5,11-13H2,1-4H3,(H,25,28)(H,26,27). The number of nitrogens with zero attached hydrogens (tertiary/aromatic N) is 1. The smallest absolute Gasteiger partial charge is 0.411 e. The summed E-state index contributed by atoms with van der Waals surface area (Å²) in [4.78, 5) is 28.3. The number of carboxylic acid groups (broad SMARTS) is 1. The van der Waals surface area contributed by atoms with Gasteiger partial charge in [-0.25, -0.2) is 9.59 Å². The Morgan fingerprint density at radius 1 is 1.19 bits per heavy atom. The number of aliphatic carboxylic acids is 1. The van der Waals surface area contributed by atoms with Gasteiger partial charge in [-0.1, -0.05) is 12.1 Å². The van der Waals surface area contributed by atoms with Crippen LogP contribution in [0.5, 0.6) is 5.75 Å². The third-order valence-electron chi connectivity index (χ3n) is 4.28. The largest absolute Gasteiger partial charge is 0.494 e. The molecule has 2 rings (SSSR count). The molecule has 1 aromatic carbocycles. The second-order valence-corrected chi connectivity index (χ2v) is 7.25. The average molecular weight is 431 g/mol. The molecular formula is C23H30N2O6. The van der Waals surface area contributed by atoms with E-state index in [1.54, 1.807) is 32.0 Å². The highest BCUT2D eigenvalue weighted by atomic mass is 16.5. The molecule has 1 unspecified atom stereocenters. The number of hydrogen-bond acceptors (Lipinski definition) is 6. The van der Waals surface area contributed by atoms with E-state index >= 15 is 0 Å². The lowest BCUT2D eigenvalue weighted by molar-refractivity contribution is -0.153. The highest BCUT2D eigenvalue weighted by Gasteiger charge is 2.22. The molecule has 2 N–H and O–H groups in total. The highest BCUT2D eigenvalue weighted by molar-refractivity contribution is 5.86. The molecule has 168 valence electrons. The van der Waals surface area contributed by atoms with Gasteiger partial charge in [0.25, 0.3) is 0 Å². The molecule has 0 aliphatic heterocycles. The van der Waals surface area contributed by atoms with Crippen molar-refractivity contribution in [2.24, 2.45) is 0 Å². The number of benzene rings is 1. The summed E-state index contributed by atoms with van der Waals surface area (Å²) in [5, 5.41) is 12.2. The van der Waals surface area contributed by atoms with E-state index in [1.807, 2.05) is 32.0 Å². The maximum Gasteiger partial charge on any atom is 0.411 e. The van der Waals surface area contributed by atoms with Crippen LogP contribution in [0.3, 0.4) is 0 Å². The third-order valence-corrected chi connectivity index (χ3v) is 4.28. The zero-order chi connectivity index (χ0) is 22.8. The van der Waals surface area contributed by atoms with Gasteiger partial charge in [0, 0.05) is 30.3 Å². The topological polar surface area (TPSA) is 107 Å². The molecule has 1 aromatic heterocycles. The van der Waals surface area contributed by atoms with Crippen LogP contribution in [0.1, 0.15) is 37.7 Å². The number of anilines is 1. The first-order valence-electron chi connectivity index (χ1n) is 10.3. The second kappa shape index (κ2) is 11.9. The van der Waals surface area contributed by atoms with Gasteiger partial charge in [0.15, 0.2) is 6.10 Å². The second-order valence-electron chi connectivity index (χ2n) is 7.25. The molecule has 0 fully saturated rings. The van der Waals surface area contributed by atoms with Crippen LogP contribution in [0.25, 0.3) is 0 Å². The molecule has 0 radical (unpaired) electrons. The Bertz CT molecular complexity index is 884. The van der Waals surface area contributed by atoms with Gasteiger partial charge in [-0.15, -0.1) is 0 Å². The molecular weight excluding hydrogens is 400 g/mol. The molecule has 0 aliphatic rings. The number of aromatic nitrogens is 1. The molecule has 1 heterocycles. The molecule has 1 atom stereocenters. The third kappa shape index (κ3) is 8.25. The van der Waals surface area contributed by atoms with Crippen molar-refractivity contribution in [1.29, 1.82) is 0 Å². The molecule has 2 aromatic rings. The van der Waals surface area contributed by atoms with Gasteiger partial charge in [-0.05, 0) is 51.5 Å². The van der Waals surface area contributed by atoms with Gasteiger partial charge in [0.1, 0.15) is 5.75 Å². The molecule has 0 spiro atoms. The molecule has 31 heavy (non-hydrogen) atoms. The SMILES string of the molecule is CCOc1ccc(CC(OC(C)C)C(=O)O)c(NC(=O)OCCc2cccc(C)n2)c1. The Balaban J connectivity index is 2.07. The first kappa shape index (κ1) is 24.1. The van der Waals surface area contributed by atoms with Gasteiger partial charge in [-0.2, -0.15) is 0 Å². The van der Waals surface area contributed by atoms with Crippen molar-refractivity contribution in [1.82, 2.24) is 4.98 Å². The quantitative estimate of drug-likeness (QED) is 0.555. The number of ether oxygens (including phenoxy) is 3. The van der Waals surface area contributed by atoms with Gasteiger partial charge >= 0.3 is 12.1 Å². The van der Waals surface area contributed by atoms with E-state index in [0.717, 1.165) is 11.4 Å². The predicted molar refractivity (Wildman–Crippen MR) is 117 cm³/mol. The lowest BCUT2D eigenvalue weighted by Crippen LogP contribution is -2.29. The normalized spacial score (nSPS) is 11.8. The van der Waals surface area contributed by atoms with Crippen molar-refractivity contribution in [3.8, 4) is 5.75 Å². The number of nitrogens with one attached hydrogen (secondary N) is 1. The maximum absolute atomic E-state index is 12.3. The number of hydrogen-bond donors (Lipinski definition) is 2. The summed E-state index contributed by atoms with van der Waals surface area (Å²) < 4.78 is 16.3. The summed E-state index contributed by atoms with van der Waals surface area (Å²) >= 11 is 0. The first-order chi connectivity index (χ1) is 14.8. The number of carboxylic acids is 1. The number of aryl methyl sites for hydroxylation is 1. The number of amides is 1. The van der Waals surface area contributed by atoms with Gasteiger partial charge in [0.2, 0.25) is 0 Å². The van der Waals surface area contributed by atoms with Crippen molar-refractivity contribution in [3.05, 3.63) is 53.3 Å². The average Bonchev–Trinajstić information content (AvgIpc) is 2.69. The Morgan fingerprint density at radius 2 is 1.97 bits per heavy atom. The van der Waals surface area contributed by atoms with E-state index in [-0.39, 0.29) is 19.1 Å². The summed E-state index contributed by atoms with van der Waals surface area (Å²) in [5.74, 6) is -0.510. The van der Waals surface area contributed by atoms with Crippen LogP contribution in [0.2, 0.25) is 0 Å². The Hall–Kier alpha value is -3.13. The number of carbonyl (C=O) groups is 2. The van der Waals surface area contributed by atoms with Crippen molar-refractivity contribution in [3.63, 3.8) is 0 Å². The minimum absolute atomic E-state index is 0.0861. The van der Waals surface area contributed by atoms with Crippen molar-refractivity contribution < 1.29 is 28.9 Å². The van der Waals surface area contributed by atoms with E-state index in [1.165, 1.54) is 0 Å². The lowest BCUT2D eigenvalue weighted by atomic mass is 10.0. The van der Waals surface area contributed by atoms with E-state index in [2.05, 4.69) is 10.3 Å². The van der Waals surface area contributed by atoms with Crippen molar-refractivity contribution in [2.45, 2.75) is 52.7 Å². The summed E-state index contributed by atoms with van der Waals surface area (Å²) in [6, 6.07) is 10.8.